The van der Waals surface area contributed by atoms with Crippen LogP contribution in [0.15, 0.2) is 29.3 Å². The van der Waals surface area contributed by atoms with Crippen molar-refractivity contribution in [2.24, 2.45) is 0 Å². The molecule has 1 amide bonds. The predicted molar refractivity (Wildman–Crippen MR) is 69.7 cm³/mol. The molecule has 1 aromatic carbocycles. The molecule has 3 rings (SSSR count). The van der Waals surface area contributed by atoms with Crippen molar-refractivity contribution in [3.05, 3.63) is 46.0 Å². The number of carbonyl (C=O) groups is 1. The number of aromatic amines is 1. The third-order valence-electron chi connectivity index (χ3n) is 3.27. The first-order valence-electron chi connectivity index (χ1n) is 5.95. The van der Waals surface area contributed by atoms with Gasteiger partial charge < -0.3 is 20.5 Å². The number of H-pyrrole nitrogens is 1. The third-order valence-corrected chi connectivity index (χ3v) is 3.27. The minimum atomic E-state index is -0.600. The fourth-order valence-electron chi connectivity index (χ4n) is 2.40. The van der Waals surface area contributed by atoms with Crippen molar-refractivity contribution < 1.29 is 15.0 Å². The van der Waals surface area contributed by atoms with E-state index in [2.05, 4.69) is 15.3 Å². The highest BCUT2D eigenvalue weighted by Gasteiger charge is 2.31. The molecule has 0 bridgehead atoms. The van der Waals surface area contributed by atoms with Crippen molar-refractivity contribution in [1.82, 2.24) is 9.97 Å². The van der Waals surface area contributed by atoms with Crippen LogP contribution in [0, 0.1) is 0 Å². The highest BCUT2D eigenvalue weighted by atomic mass is 16.3. The monoisotopic (exact) mass is 273 g/mol. The number of aromatic nitrogens is 2. The quantitative estimate of drug-likeness (QED) is 0.609. The van der Waals surface area contributed by atoms with E-state index in [1.165, 1.54) is 24.5 Å². The average molecular weight is 273 g/mol. The number of fused-ring (bicyclic) bond motifs is 1. The maximum absolute atomic E-state index is 12.0. The fraction of sp³-hybridized carbons (Fsp3) is 0.154. The summed E-state index contributed by atoms with van der Waals surface area (Å²) in [6, 6.07) is 4.06. The molecule has 1 aliphatic rings. The van der Waals surface area contributed by atoms with Crippen molar-refractivity contribution >= 4 is 11.7 Å². The average Bonchev–Trinajstić information content (AvgIpc) is 2.37. The molecule has 20 heavy (non-hydrogen) atoms. The molecule has 0 saturated carbocycles. The van der Waals surface area contributed by atoms with Gasteiger partial charge in [0.1, 0.15) is 17.3 Å². The first kappa shape index (κ1) is 12.2. The van der Waals surface area contributed by atoms with Gasteiger partial charge in [-0.15, -0.1) is 0 Å². The van der Waals surface area contributed by atoms with Gasteiger partial charge in [-0.2, -0.15) is 0 Å². The standard InChI is InChI=1S/C13H11N3O4/c17-6-1-2-7(9(18)3-6)8-4-10(19)16-12-11(8)13(20)15-5-14-12/h1-3,5,8,17-18H,4H2,(H2,14,15,16,19,20). The Labute approximate surface area is 112 Å². The van der Waals surface area contributed by atoms with Gasteiger partial charge in [0.15, 0.2) is 0 Å². The Bertz CT molecular complexity index is 754. The Kier molecular flexibility index (Phi) is 2.67. The molecule has 0 spiro atoms. The number of nitrogens with one attached hydrogen (secondary N) is 2. The number of phenols is 2. The molecular formula is C13H11N3O4. The van der Waals surface area contributed by atoms with Crippen molar-refractivity contribution in [2.75, 3.05) is 5.32 Å². The predicted octanol–water partition coefficient (Wildman–Crippen LogP) is 0.655. The number of rotatable bonds is 1. The molecule has 102 valence electrons. The Balaban J connectivity index is 2.20. The molecule has 0 aliphatic carbocycles. The van der Waals surface area contributed by atoms with Gasteiger partial charge in [0, 0.05) is 24.0 Å². The third kappa shape index (κ3) is 1.89. The van der Waals surface area contributed by atoms with Gasteiger partial charge in [0.2, 0.25) is 5.91 Å². The minimum Gasteiger partial charge on any atom is -0.508 e. The van der Waals surface area contributed by atoms with E-state index < -0.39 is 5.92 Å². The topological polar surface area (TPSA) is 115 Å². The largest absolute Gasteiger partial charge is 0.508 e. The van der Waals surface area contributed by atoms with E-state index in [-0.39, 0.29) is 35.2 Å². The summed E-state index contributed by atoms with van der Waals surface area (Å²) >= 11 is 0. The first-order chi connectivity index (χ1) is 9.56. The van der Waals surface area contributed by atoms with Crippen LogP contribution in [0.4, 0.5) is 5.82 Å². The lowest BCUT2D eigenvalue weighted by Gasteiger charge is -2.24. The van der Waals surface area contributed by atoms with Gasteiger partial charge in [0.25, 0.3) is 5.56 Å². The number of nitrogens with zero attached hydrogens (tertiary/aromatic N) is 1. The highest BCUT2D eigenvalue weighted by molar-refractivity contribution is 5.94. The van der Waals surface area contributed by atoms with Gasteiger partial charge in [0.05, 0.1) is 11.9 Å². The number of anilines is 1. The second kappa shape index (κ2) is 4.37. The number of aromatic hydroxyl groups is 2. The van der Waals surface area contributed by atoms with E-state index in [0.29, 0.717) is 11.1 Å². The number of hydrogen-bond donors (Lipinski definition) is 4. The van der Waals surface area contributed by atoms with Gasteiger partial charge in [-0.25, -0.2) is 4.98 Å². The number of hydrogen-bond acceptors (Lipinski definition) is 5. The fourth-order valence-corrected chi connectivity index (χ4v) is 2.40. The Morgan fingerprint density at radius 2 is 2.05 bits per heavy atom. The molecule has 0 fully saturated rings. The molecule has 0 radical (unpaired) electrons. The van der Waals surface area contributed by atoms with E-state index in [9.17, 15) is 19.8 Å². The van der Waals surface area contributed by atoms with E-state index in [1.807, 2.05) is 0 Å². The van der Waals surface area contributed by atoms with Crippen LogP contribution < -0.4 is 10.9 Å². The summed E-state index contributed by atoms with van der Waals surface area (Å²) in [6.45, 7) is 0. The van der Waals surface area contributed by atoms with Crippen LogP contribution in [-0.2, 0) is 4.79 Å². The normalized spacial score (nSPS) is 17.4. The molecule has 4 N–H and O–H groups in total. The number of phenolic OH excluding ortho intramolecular Hbond substituents is 2. The van der Waals surface area contributed by atoms with Crippen molar-refractivity contribution in [2.45, 2.75) is 12.3 Å². The zero-order valence-electron chi connectivity index (χ0n) is 10.3. The molecular weight excluding hydrogens is 262 g/mol. The summed E-state index contributed by atoms with van der Waals surface area (Å²) in [6.07, 6.45) is 1.24. The molecule has 2 aromatic rings. The zero-order chi connectivity index (χ0) is 14.3. The van der Waals surface area contributed by atoms with E-state index >= 15 is 0 Å². The summed E-state index contributed by atoms with van der Waals surface area (Å²) in [5.41, 5.74) is 0.331. The SMILES string of the molecule is O=C1CC(c2ccc(O)cc2O)c2c(nc[nH]c2=O)N1. The number of benzene rings is 1. The molecule has 7 heteroatoms. The zero-order valence-corrected chi connectivity index (χ0v) is 10.3. The van der Waals surface area contributed by atoms with E-state index in [0.717, 1.165) is 0 Å². The first-order valence-corrected chi connectivity index (χ1v) is 5.95. The lowest BCUT2D eigenvalue weighted by atomic mass is 9.86. The molecule has 2 heterocycles. The van der Waals surface area contributed by atoms with Crippen LogP contribution in [-0.4, -0.2) is 26.1 Å². The van der Waals surface area contributed by atoms with Crippen LogP contribution in [0.25, 0.3) is 0 Å². The van der Waals surface area contributed by atoms with Crippen molar-refractivity contribution in [3.63, 3.8) is 0 Å². The molecule has 1 atom stereocenters. The van der Waals surface area contributed by atoms with Gasteiger partial charge >= 0.3 is 0 Å². The second-order valence-electron chi connectivity index (χ2n) is 4.54. The Hall–Kier alpha value is -2.83. The molecule has 1 aromatic heterocycles. The van der Waals surface area contributed by atoms with Crippen LogP contribution >= 0.6 is 0 Å². The molecule has 1 unspecified atom stereocenters. The minimum absolute atomic E-state index is 0.0279. The summed E-state index contributed by atoms with van der Waals surface area (Å²) in [5, 5.41) is 21.8. The molecule has 0 saturated heterocycles. The number of carbonyl (C=O) groups excluding carboxylic acids is 1. The van der Waals surface area contributed by atoms with Gasteiger partial charge in [-0.1, -0.05) is 6.07 Å². The molecule has 7 nitrogen and oxygen atoms in total. The summed E-state index contributed by atoms with van der Waals surface area (Å²) in [4.78, 5) is 30.1. The maximum atomic E-state index is 12.0. The highest BCUT2D eigenvalue weighted by Crippen LogP contribution is 2.38. The van der Waals surface area contributed by atoms with Gasteiger partial charge in [-0.3, -0.25) is 9.59 Å². The summed E-state index contributed by atoms with van der Waals surface area (Å²) in [5.74, 6) is -0.946. The Morgan fingerprint density at radius 3 is 2.80 bits per heavy atom. The summed E-state index contributed by atoms with van der Waals surface area (Å²) < 4.78 is 0. The number of amides is 1. The van der Waals surface area contributed by atoms with Crippen molar-refractivity contribution in [1.29, 1.82) is 0 Å². The van der Waals surface area contributed by atoms with Crippen LogP contribution in [0.3, 0.4) is 0 Å². The second-order valence-corrected chi connectivity index (χ2v) is 4.54. The maximum Gasteiger partial charge on any atom is 0.256 e. The summed E-state index contributed by atoms with van der Waals surface area (Å²) in [7, 11) is 0. The molecule has 1 aliphatic heterocycles. The van der Waals surface area contributed by atoms with Crippen LogP contribution in [0.5, 0.6) is 11.5 Å². The lowest BCUT2D eigenvalue weighted by molar-refractivity contribution is -0.116. The Morgan fingerprint density at radius 1 is 1.25 bits per heavy atom. The smallest absolute Gasteiger partial charge is 0.256 e. The lowest BCUT2D eigenvalue weighted by Crippen LogP contribution is -2.30. The van der Waals surface area contributed by atoms with E-state index in [4.69, 9.17) is 0 Å². The van der Waals surface area contributed by atoms with Gasteiger partial charge in [-0.05, 0) is 6.07 Å². The van der Waals surface area contributed by atoms with Crippen LogP contribution in [0.2, 0.25) is 0 Å². The van der Waals surface area contributed by atoms with Crippen molar-refractivity contribution in [3.8, 4) is 11.5 Å². The van der Waals surface area contributed by atoms with E-state index in [1.54, 1.807) is 0 Å². The van der Waals surface area contributed by atoms with Crippen LogP contribution in [0.1, 0.15) is 23.5 Å².